The molecule has 5 heteroatoms. The van der Waals surface area contributed by atoms with Gasteiger partial charge in [0.1, 0.15) is 0 Å². The Kier molecular flexibility index (Phi) is 1.44. The minimum absolute atomic E-state index is 0.0558. The molecule has 0 amide bonds. The van der Waals surface area contributed by atoms with Gasteiger partial charge in [0.2, 0.25) is 0 Å². The molecule has 1 aromatic rings. The lowest BCUT2D eigenvalue weighted by Gasteiger charge is -2.09. The Bertz CT molecular complexity index is 334. The smallest absolute Gasteiger partial charge is 0.256 e. The molecule has 0 radical (unpaired) electrons. The van der Waals surface area contributed by atoms with Crippen molar-refractivity contribution < 1.29 is 8.78 Å². The first-order valence-electron chi connectivity index (χ1n) is 4.09. The molecule has 0 bridgehead atoms. The molecule has 1 heterocycles. The summed E-state index contributed by atoms with van der Waals surface area (Å²) >= 11 is 0. The topological polar surface area (TPSA) is 43.8 Å². The van der Waals surface area contributed by atoms with Gasteiger partial charge in [0, 0.05) is 12.6 Å². The van der Waals surface area contributed by atoms with Crippen molar-refractivity contribution in [2.75, 3.05) is 5.73 Å². The third-order valence-corrected chi connectivity index (χ3v) is 2.53. The Morgan fingerprint density at radius 3 is 2.69 bits per heavy atom. The Labute approximate surface area is 74.5 Å². The third-order valence-electron chi connectivity index (χ3n) is 2.53. The van der Waals surface area contributed by atoms with Gasteiger partial charge in [-0.1, -0.05) is 6.92 Å². The molecule has 1 aromatic heterocycles. The van der Waals surface area contributed by atoms with Crippen molar-refractivity contribution in [2.24, 2.45) is 5.41 Å². The van der Waals surface area contributed by atoms with Crippen molar-refractivity contribution in [2.45, 2.75) is 25.8 Å². The van der Waals surface area contributed by atoms with E-state index in [2.05, 4.69) is 5.10 Å². The van der Waals surface area contributed by atoms with Gasteiger partial charge in [0.25, 0.3) is 5.92 Å². The highest BCUT2D eigenvalue weighted by molar-refractivity contribution is 5.30. The SMILES string of the molecule is CC1(Cn2cc(N)cn2)CC1(F)F. The van der Waals surface area contributed by atoms with E-state index in [9.17, 15) is 8.78 Å². The molecule has 13 heavy (non-hydrogen) atoms. The maximum absolute atomic E-state index is 12.8. The molecular weight excluding hydrogens is 176 g/mol. The highest BCUT2D eigenvalue weighted by Crippen LogP contribution is 2.60. The molecule has 1 fully saturated rings. The van der Waals surface area contributed by atoms with Crippen LogP contribution in [0.5, 0.6) is 0 Å². The van der Waals surface area contributed by atoms with Crippen LogP contribution in [0.4, 0.5) is 14.5 Å². The van der Waals surface area contributed by atoms with Gasteiger partial charge >= 0.3 is 0 Å². The lowest BCUT2D eigenvalue weighted by Crippen LogP contribution is -2.15. The van der Waals surface area contributed by atoms with Crippen molar-refractivity contribution in [3.05, 3.63) is 12.4 Å². The van der Waals surface area contributed by atoms with E-state index in [1.54, 1.807) is 13.1 Å². The van der Waals surface area contributed by atoms with E-state index < -0.39 is 11.3 Å². The van der Waals surface area contributed by atoms with Crippen LogP contribution >= 0.6 is 0 Å². The van der Waals surface area contributed by atoms with Gasteiger partial charge in [0.05, 0.1) is 23.8 Å². The van der Waals surface area contributed by atoms with E-state index in [0.717, 1.165) is 0 Å². The fourth-order valence-electron chi connectivity index (χ4n) is 1.44. The van der Waals surface area contributed by atoms with Crippen molar-refractivity contribution in [1.82, 2.24) is 9.78 Å². The van der Waals surface area contributed by atoms with Crippen LogP contribution < -0.4 is 5.73 Å². The number of nitrogens with two attached hydrogens (primary N) is 1. The van der Waals surface area contributed by atoms with Crippen LogP contribution in [-0.4, -0.2) is 15.7 Å². The second-order valence-corrected chi connectivity index (χ2v) is 3.91. The molecule has 72 valence electrons. The fraction of sp³-hybridized carbons (Fsp3) is 0.625. The monoisotopic (exact) mass is 187 g/mol. The summed E-state index contributed by atoms with van der Waals surface area (Å²) in [7, 11) is 0. The highest BCUT2D eigenvalue weighted by atomic mass is 19.3. The van der Waals surface area contributed by atoms with Crippen molar-refractivity contribution >= 4 is 5.69 Å². The van der Waals surface area contributed by atoms with E-state index in [1.807, 2.05) is 0 Å². The van der Waals surface area contributed by atoms with Crippen LogP contribution in [0.15, 0.2) is 12.4 Å². The summed E-state index contributed by atoms with van der Waals surface area (Å²) in [5, 5.41) is 3.87. The van der Waals surface area contributed by atoms with Crippen molar-refractivity contribution in [3.63, 3.8) is 0 Å². The summed E-state index contributed by atoms with van der Waals surface area (Å²) in [6, 6.07) is 0. The van der Waals surface area contributed by atoms with E-state index in [0.29, 0.717) is 5.69 Å². The summed E-state index contributed by atoms with van der Waals surface area (Å²) in [6.45, 7) is 1.79. The molecular formula is C8H11F2N3. The molecule has 1 aliphatic rings. The molecule has 0 aliphatic heterocycles. The van der Waals surface area contributed by atoms with Crippen LogP contribution in [-0.2, 0) is 6.54 Å². The average Bonchev–Trinajstić information content (AvgIpc) is 2.37. The number of rotatable bonds is 2. The van der Waals surface area contributed by atoms with Crippen LogP contribution in [0.1, 0.15) is 13.3 Å². The molecule has 2 rings (SSSR count). The van der Waals surface area contributed by atoms with Crippen LogP contribution in [0.25, 0.3) is 0 Å². The summed E-state index contributed by atoms with van der Waals surface area (Å²) in [4.78, 5) is 0. The van der Waals surface area contributed by atoms with E-state index in [-0.39, 0.29) is 13.0 Å². The fourth-order valence-corrected chi connectivity index (χ4v) is 1.44. The first-order chi connectivity index (χ1) is 5.93. The van der Waals surface area contributed by atoms with Gasteiger partial charge in [-0.25, -0.2) is 8.78 Å². The van der Waals surface area contributed by atoms with Gasteiger partial charge in [-0.2, -0.15) is 5.10 Å². The number of halogens is 2. The van der Waals surface area contributed by atoms with Gasteiger partial charge in [0.15, 0.2) is 0 Å². The zero-order chi connectivity index (χ0) is 9.69. The zero-order valence-corrected chi connectivity index (χ0v) is 7.30. The Morgan fingerprint density at radius 1 is 1.69 bits per heavy atom. The standard InChI is InChI=1S/C8H11F2N3/c1-7(4-8(7,9)10)5-13-3-6(11)2-12-13/h2-3H,4-5,11H2,1H3. The van der Waals surface area contributed by atoms with Gasteiger partial charge in [-0.05, 0) is 0 Å². The molecule has 1 aliphatic carbocycles. The zero-order valence-electron chi connectivity index (χ0n) is 7.30. The van der Waals surface area contributed by atoms with Gasteiger partial charge < -0.3 is 5.73 Å². The molecule has 1 atom stereocenters. The molecule has 0 spiro atoms. The molecule has 3 nitrogen and oxygen atoms in total. The van der Waals surface area contributed by atoms with Crippen molar-refractivity contribution in [3.8, 4) is 0 Å². The van der Waals surface area contributed by atoms with Crippen LogP contribution in [0.2, 0.25) is 0 Å². The van der Waals surface area contributed by atoms with E-state index in [1.165, 1.54) is 10.9 Å². The average molecular weight is 187 g/mol. The molecule has 2 N–H and O–H groups in total. The predicted molar refractivity (Wildman–Crippen MR) is 44.3 cm³/mol. The lowest BCUT2D eigenvalue weighted by atomic mass is 10.1. The maximum atomic E-state index is 12.8. The summed E-state index contributed by atoms with van der Waals surface area (Å²) in [5.41, 5.74) is 5.00. The normalized spacial score (nSPS) is 30.4. The minimum atomic E-state index is -2.53. The minimum Gasteiger partial charge on any atom is -0.396 e. The predicted octanol–water partition coefficient (Wildman–Crippen LogP) is 1.51. The second kappa shape index (κ2) is 2.21. The molecule has 0 aromatic carbocycles. The number of hydrogen-bond acceptors (Lipinski definition) is 2. The number of alkyl halides is 2. The lowest BCUT2D eigenvalue weighted by molar-refractivity contribution is 0.0623. The Morgan fingerprint density at radius 2 is 2.31 bits per heavy atom. The van der Waals surface area contributed by atoms with Gasteiger partial charge in [-0.3, -0.25) is 4.68 Å². The number of nitrogens with zero attached hydrogens (tertiary/aromatic N) is 2. The van der Waals surface area contributed by atoms with Gasteiger partial charge in [-0.15, -0.1) is 0 Å². The summed E-state index contributed by atoms with van der Waals surface area (Å²) in [5.74, 6) is -2.53. The van der Waals surface area contributed by atoms with E-state index >= 15 is 0 Å². The quantitative estimate of drug-likeness (QED) is 0.762. The third kappa shape index (κ3) is 1.28. The van der Waals surface area contributed by atoms with E-state index in [4.69, 9.17) is 5.73 Å². The molecule has 0 saturated heterocycles. The Balaban J connectivity index is 2.08. The number of aromatic nitrogens is 2. The summed E-state index contributed by atoms with van der Waals surface area (Å²) < 4.78 is 27.1. The number of anilines is 1. The largest absolute Gasteiger partial charge is 0.396 e. The maximum Gasteiger partial charge on any atom is 0.256 e. The van der Waals surface area contributed by atoms with Crippen molar-refractivity contribution in [1.29, 1.82) is 0 Å². The number of hydrogen-bond donors (Lipinski definition) is 1. The molecule has 1 unspecified atom stereocenters. The second-order valence-electron chi connectivity index (χ2n) is 3.91. The highest BCUT2D eigenvalue weighted by Gasteiger charge is 2.67. The first-order valence-corrected chi connectivity index (χ1v) is 4.09. The molecule has 1 saturated carbocycles. The first kappa shape index (κ1) is 8.47. The number of nitrogen functional groups attached to an aromatic ring is 1. The summed E-state index contributed by atoms with van der Waals surface area (Å²) in [6.07, 6.45) is 2.98. The Hall–Kier alpha value is -1.13. The van der Waals surface area contributed by atoms with Crippen LogP contribution in [0.3, 0.4) is 0 Å². The van der Waals surface area contributed by atoms with Crippen LogP contribution in [0, 0.1) is 5.41 Å².